The maximum absolute atomic E-state index is 10.2. The van der Waals surface area contributed by atoms with Crippen LogP contribution >= 0.6 is 0 Å². The van der Waals surface area contributed by atoms with Crippen LogP contribution in [0.3, 0.4) is 0 Å². The van der Waals surface area contributed by atoms with Crippen LogP contribution in [0.5, 0.6) is 0 Å². The number of aliphatic hydroxyl groups is 1. The zero-order valence-electron chi connectivity index (χ0n) is 6.45. The van der Waals surface area contributed by atoms with Crippen LogP contribution in [0.4, 0.5) is 0 Å². The Balaban J connectivity index is 3.83. The third-order valence-corrected chi connectivity index (χ3v) is 1.35. The van der Waals surface area contributed by atoms with Gasteiger partial charge in [-0.2, -0.15) is 0 Å². The average Bonchev–Trinajstić information content (AvgIpc) is 1.84. The molecule has 5 heteroatoms. The van der Waals surface area contributed by atoms with E-state index in [1.54, 1.807) is 6.92 Å². The Kier molecular flexibility index (Phi) is 3.44. The molecule has 66 valence electrons. The van der Waals surface area contributed by atoms with Crippen molar-refractivity contribution in [2.24, 2.45) is 11.5 Å². The molecule has 0 aliphatic heterocycles. The fourth-order valence-corrected chi connectivity index (χ4v) is 0.555. The van der Waals surface area contributed by atoms with Crippen LogP contribution in [-0.4, -0.2) is 27.9 Å². The van der Waals surface area contributed by atoms with Gasteiger partial charge in [-0.15, -0.1) is 0 Å². The summed E-state index contributed by atoms with van der Waals surface area (Å²) in [5, 5.41) is 17.3. The number of carboxylic acid groups (broad SMARTS) is 1. The van der Waals surface area contributed by atoms with Crippen molar-refractivity contribution < 1.29 is 15.0 Å². The van der Waals surface area contributed by atoms with Crippen molar-refractivity contribution in [3.63, 3.8) is 0 Å². The van der Waals surface area contributed by atoms with Crippen molar-refractivity contribution in [1.29, 1.82) is 0 Å². The summed E-state index contributed by atoms with van der Waals surface area (Å²) in [7, 11) is 0. The van der Waals surface area contributed by atoms with E-state index in [2.05, 4.69) is 0 Å². The van der Waals surface area contributed by atoms with Crippen LogP contribution in [0.25, 0.3) is 0 Å². The minimum atomic E-state index is -2.13. The van der Waals surface area contributed by atoms with Crippen molar-refractivity contribution in [3.05, 3.63) is 0 Å². The molecule has 0 saturated heterocycles. The lowest BCUT2D eigenvalue weighted by Gasteiger charge is -2.18. The number of aliphatic carboxylic acids is 1. The van der Waals surface area contributed by atoms with E-state index < -0.39 is 11.7 Å². The highest BCUT2D eigenvalue weighted by molar-refractivity contribution is 5.76. The van der Waals surface area contributed by atoms with Crippen molar-refractivity contribution in [1.82, 2.24) is 0 Å². The van der Waals surface area contributed by atoms with Gasteiger partial charge in [0, 0.05) is 12.5 Å². The Morgan fingerprint density at radius 2 is 2.18 bits per heavy atom. The molecule has 0 radical (unpaired) electrons. The average molecular weight is 162 g/mol. The molecule has 0 bridgehead atoms. The van der Waals surface area contributed by atoms with E-state index in [0.29, 0.717) is 6.42 Å². The van der Waals surface area contributed by atoms with E-state index in [4.69, 9.17) is 21.7 Å². The second kappa shape index (κ2) is 3.66. The van der Waals surface area contributed by atoms with Gasteiger partial charge in [-0.3, -0.25) is 5.73 Å². The summed E-state index contributed by atoms with van der Waals surface area (Å²) in [6.45, 7) is 1.72. The Morgan fingerprint density at radius 1 is 1.73 bits per heavy atom. The summed E-state index contributed by atoms with van der Waals surface area (Å²) < 4.78 is 0. The molecule has 0 aromatic heterocycles. The van der Waals surface area contributed by atoms with E-state index in [1.807, 2.05) is 0 Å². The molecule has 0 unspecified atom stereocenters. The van der Waals surface area contributed by atoms with Crippen LogP contribution in [0.15, 0.2) is 0 Å². The van der Waals surface area contributed by atoms with Gasteiger partial charge >= 0.3 is 5.97 Å². The predicted octanol–water partition coefficient (Wildman–Crippen LogP) is -1.15. The highest BCUT2D eigenvalue weighted by Gasteiger charge is 2.30. The molecule has 0 amide bonds. The molecule has 0 fully saturated rings. The van der Waals surface area contributed by atoms with Crippen LogP contribution in [0.2, 0.25) is 0 Å². The maximum atomic E-state index is 10.2. The van der Waals surface area contributed by atoms with Crippen LogP contribution in [0, 0.1) is 0 Å². The summed E-state index contributed by atoms with van der Waals surface area (Å²) in [5.74, 6) is -1.42. The first kappa shape index (κ1) is 10.3. The monoisotopic (exact) mass is 162 g/mol. The Hall–Kier alpha value is -0.650. The molecule has 6 N–H and O–H groups in total. The zero-order chi connectivity index (χ0) is 9.07. The molecule has 2 atom stereocenters. The molecule has 0 aliphatic rings. The first-order chi connectivity index (χ1) is 4.86. The van der Waals surface area contributed by atoms with Crippen molar-refractivity contribution in [3.8, 4) is 0 Å². The molecule has 0 saturated carbocycles. The van der Waals surface area contributed by atoms with E-state index in [-0.39, 0.29) is 12.5 Å². The van der Waals surface area contributed by atoms with Crippen molar-refractivity contribution >= 4 is 5.97 Å². The van der Waals surface area contributed by atoms with Gasteiger partial charge < -0.3 is 15.9 Å². The molecule has 0 spiro atoms. The van der Waals surface area contributed by atoms with E-state index in [9.17, 15) is 4.79 Å². The smallest absolute Gasteiger partial charge is 0.350 e. The SMILES string of the molecule is C[C@H](N)CC[C@@](N)(O)C(=O)O. The summed E-state index contributed by atoms with van der Waals surface area (Å²) >= 11 is 0. The molecular weight excluding hydrogens is 148 g/mol. The summed E-state index contributed by atoms with van der Waals surface area (Å²) in [6.07, 6.45) is 0.360. The number of carbonyl (C=O) groups is 1. The second-order valence-corrected chi connectivity index (χ2v) is 2.75. The third-order valence-electron chi connectivity index (χ3n) is 1.35. The molecule has 0 rings (SSSR count). The fraction of sp³-hybridized carbons (Fsp3) is 0.833. The first-order valence-corrected chi connectivity index (χ1v) is 3.36. The highest BCUT2D eigenvalue weighted by atomic mass is 16.4. The normalized spacial score (nSPS) is 18.9. The number of rotatable bonds is 4. The van der Waals surface area contributed by atoms with Crippen molar-refractivity contribution in [2.45, 2.75) is 31.5 Å². The van der Waals surface area contributed by atoms with Gasteiger partial charge in [0.2, 0.25) is 5.72 Å². The van der Waals surface area contributed by atoms with Crippen molar-refractivity contribution in [2.75, 3.05) is 0 Å². The number of hydrogen-bond donors (Lipinski definition) is 4. The molecule has 0 heterocycles. The number of carboxylic acids is 1. The summed E-state index contributed by atoms with van der Waals surface area (Å²) in [5.41, 5.74) is 8.22. The van der Waals surface area contributed by atoms with Gasteiger partial charge in [0.05, 0.1) is 0 Å². The molecule has 5 nitrogen and oxygen atoms in total. The largest absolute Gasteiger partial charge is 0.478 e. The Morgan fingerprint density at radius 3 is 2.45 bits per heavy atom. The standard InChI is InChI=1S/C6H14N2O3/c1-4(7)2-3-6(8,11)5(9)10/h4,11H,2-3,7-8H2,1H3,(H,9,10)/t4-,6+/m0/s1. The highest BCUT2D eigenvalue weighted by Crippen LogP contribution is 2.06. The summed E-state index contributed by atoms with van der Waals surface area (Å²) in [4.78, 5) is 10.2. The molecular formula is C6H14N2O3. The predicted molar refractivity (Wildman–Crippen MR) is 39.7 cm³/mol. The minimum absolute atomic E-state index is 0.0278. The van der Waals surface area contributed by atoms with E-state index in [1.165, 1.54) is 0 Å². The molecule has 0 aliphatic carbocycles. The van der Waals surface area contributed by atoms with E-state index in [0.717, 1.165) is 0 Å². The number of hydrogen-bond acceptors (Lipinski definition) is 4. The lowest BCUT2D eigenvalue weighted by molar-refractivity contribution is -0.158. The Bertz CT molecular complexity index is 145. The van der Waals surface area contributed by atoms with Gasteiger partial charge in [-0.1, -0.05) is 0 Å². The van der Waals surface area contributed by atoms with Gasteiger partial charge in [-0.25, -0.2) is 4.79 Å². The topological polar surface area (TPSA) is 110 Å². The molecule has 0 aromatic carbocycles. The first-order valence-electron chi connectivity index (χ1n) is 3.36. The zero-order valence-corrected chi connectivity index (χ0v) is 6.45. The van der Waals surface area contributed by atoms with Crippen LogP contribution in [0.1, 0.15) is 19.8 Å². The summed E-state index contributed by atoms with van der Waals surface area (Å²) in [6, 6.07) is -0.149. The van der Waals surface area contributed by atoms with Gasteiger partial charge in [-0.05, 0) is 13.3 Å². The van der Waals surface area contributed by atoms with Gasteiger partial charge in [0.15, 0.2) is 0 Å². The lowest BCUT2D eigenvalue weighted by atomic mass is 10.1. The second-order valence-electron chi connectivity index (χ2n) is 2.75. The molecule has 0 aromatic rings. The third kappa shape index (κ3) is 3.92. The van der Waals surface area contributed by atoms with Crippen LogP contribution in [-0.2, 0) is 4.79 Å². The van der Waals surface area contributed by atoms with Crippen LogP contribution < -0.4 is 11.5 Å². The maximum Gasteiger partial charge on any atom is 0.350 e. The lowest BCUT2D eigenvalue weighted by Crippen LogP contribution is -2.48. The number of nitrogens with two attached hydrogens (primary N) is 2. The van der Waals surface area contributed by atoms with Gasteiger partial charge in [0.1, 0.15) is 0 Å². The van der Waals surface area contributed by atoms with Gasteiger partial charge in [0.25, 0.3) is 0 Å². The van der Waals surface area contributed by atoms with E-state index >= 15 is 0 Å². The molecule has 11 heavy (non-hydrogen) atoms. The quantitative estimate of drug-likeness (QED) is 0.390. The Labute approximate surface area is 65.0 Å². The minimum Gasteiger partial charge on any atom is -0.478 e. The fourth-order valence-electron chi connectivity index (χ4n) is 0.555.